The van der Waals surface area contributed by atoms with Crippen LogP contribution in [-0.4, -0.2) is 41.8 Å². The van der Waals surface area contributed by atoms with Crippen molar-refractivity contribution in [3.05, 3.63) is 35.4 Å². The number of aliphatic hydroxyl groups excluding tert-OH is 1. The fourth-order valence-electron chi connectivity index (χ4n) is 2.27. The maximum Gasteiger partial charge on any atom is 0.317 e. The van der Waals surface area contributed by atoms with E-state index in [1.165, 1.54) is 11.1 Å². The van der Waals surface area contributed by atoms with Crippen molar-refractivity contribution >= 4 is 6.03 Å². The summed E-state index contributed by atoms with van der Waals surface area (Å²) in [5.74, 6) is 0.535. The molecule has 2 amide bonds. The van der Waals surface area contributed by atoms with Crippen molar-refractivity contribution in [3.8, 4) is 0 Å². The summed E-state index contributed by atoms with van der Waals surface area (Å²) >= 11 is 0. The number of hydrogen-bond acceptors (Lipinski definition) is 2. The minimum Gasteiger partial charge on any atom is -0.395 e. The van der Waals surface area contributed by atoms with E-state index in [1.807, 2.05) is 13.8 Å². The molecular formula is C17H28N2O2. The van der Waals surface area contributed by atoms with Gasteiger partial charge in [0.05, 0.1) is 6.61 Å². The number of benzene rings is 1. The Kier molecular flexibility index (Phi) is 7.23. The molecule has 0 saturated heterocycles. The van der Waals surface area contributed by atoms with Crippen LogP contribution in [0.2, 0.25) is 0 Å². The second kappa shape index (κ2) is 8.67. The number of carbonyl (C=O) groups is 1. The van der Waals surface area contributed by atoms with Crippen LogP contribution < -0.4 is 5.32 Å². The van der Waals surface area contributed by atoms with E-state index >= 15 is 0 Å². The summed E-state index contributed by atoms with van der Waals surface area (Å²) in [4.78, 5) is 13.6. The number of rotatable bonds is 7. The van der Waals surface area contributed by atoms with Gasteiger partial charge in [-0.2, -0.15) is 0 Å². The molecule has 0 saturated carbocycles. The molecule has 0 radical (unpaired) electrons. The second-order valence-corrected chi connectivity index (χ2v) is 5.75. The normalized spacial score (nSPS) is 12.3. The number of nitrogens with one attached hydrogen (secondary N) is 1. The van der Waals surface area contributed by atoms with Crippen LogP contribution in [0.15, 0.2) is 24.3 Å². The van der Waals surface area contributed by atoms with E-state index in [4.69, 9.17) is 5.11 Å². The zero-order valence-corrected chi connectivity index (χ0v) is 13.6. The Morgan fingerprint density at radius 3 is 2.33 bits per heavy atom. The summed E-state index contributed by atoms with van der Waals surface area (Å²) in [6.45, 7) is 9.23. The van der Waals surface area contributed by atoms with Crippen LogP contribution in [0.25, 0.3) is 0 Å². The number of carbonyl (C=O) groups excluding carboxylic acids is 1. The lowest BCUT2D eigenvalue weighted by Crippen LogP contribution is -2.45. The summed E-state index contributed by atoms with van der Waals surface area (Å²) in [5.41, 5.74) is 2.55. The van der Waals surface area contributed by atoms with Crippen molar-refractivity contribution in [3.63, 3.8) is 0 Å². The molecule has 0 aliphatic rings. The Hall–Kier alpha value is -1.55. The van der Waals surface area contributed by atoms with Crippen LogP contribution >= 0.6 is 0 Å². The summed E-state index contributed by atoms with van der Waals surface area (Å²) in [5, 5.41) is 11.9. The molecule has 2 N–H and O–H groups in total. The molecule has 0 heterocycles. The van der Waals surface area contributed by atoms with Gasteiger partial charge in [0.15, 0.2) is 0 Å². The van der Waals surface area contributed by atoms with Crippen LogP contribution in [0, 0.1) is 0 Å². The molecule has 1 aromatic carbocycles. The van der Waals surface area contributed by atoms with Gasteiger partial charge < -0.3 is 15.3 Å². The molecule has 0 aliphatic heterocycles. The highest BCUT2D eigenvalue weighted by atomic mass is 16.3. The van der Waals surface area contributed by atoms with Crippen molar-refractivity contribution in [2.24, 2.45) is 0 Å². The van der Waals surface area contributed by atoms with E-state index in [2.05, 4.69) is 43.4 Å². The highest BCUT2D eigenvalue weighted by Gasteiger charge is 2.13. The van der Waals surface area contributed by atoms with Gasteiger partial charge in [0.25, 0.3) is 0 Å². The van der Waals surface area contributed by atoms with Gasteiger partial charge >= 0.3 is 6.03 Å². The van der Waals surface area contributed by atoms with E-state index in [0.29, 0.717) is 19.0 Å². The van der Waals surface area contributed by atoms with Gasteiger partial charge in [0.1, 0.15) is 0 Å². The van der Waals surface area contributed by atoms with Crippen LogP contribution in [0.1, 0.15) is 44.7 Å². The minimum atomic E-state index is -0.113. The van der Waals surface area contributed by atoms with Gasteiger partial charge in [-0.15, -0.1) is 0 Å². The van der Waals surface area contributed by atoms with E-state index in [-0.39, 0.29) is 18.7 Å². The average Bonchev–Trinajstić information content (AvgIpc) is 2.44. The van der Waals surface area contributed by atoms with Gasteiger partial charge in [-0.25, -0.2) is 4.79 Å². The van der Waals surface area contributed by atoms with E-state index in [0.717, 1.165) is 6.42 Å². The van der Waals surface area contributed by atoms with Crippen LogP contribution in [0.4, 0.5) is 4.79 Å². The fourth-order valence-corrected chi connectivity index (χ4v) is 2.27. The van der Waals surface area contributed by atoms with Crippen molar-refractivity contribution in [2.45, 2.75) is 46.1 Å². The molecule has 0 aromatic heterocycles. The maximum absolute atomic E-state index is 12.0. The summed E-state index contributed by atoms with van der Waals surface area (Å²) in [6.07, 6.45) is 0.806. The molecular weight excluding hydrogens is 264 g/mol. The number of likely N-dealkylation sites (N-methyl/N-ethyl adjacent to an activating group) is 1. The molecule has 1 aromatic rings. The lowest BCUT2D eigenvalue weighted by atomic mass is 9.99. The monoisotopic (exact) mass is 292 g/mol. The topological polar surface area (TPSA) is 52.6 Å². The Labute approximate surface area is 128 Å². The molecule has 1 unspecified atom stereocenters. The zero-order chi connectivity index (χ0) is 15.8. The minimum absolute atomic E-state index is 0.00763. The van der Waals surface area contributed by atoms with Gasteiger partial charge in [-0.05, 0) is 37.3 Å². The third kappa shape index (κ3) is 5.76. The molecule has 0 bridgehead atoms. The quantitative estimate of drug-likeness (QED) is 0.812. The number of amides is 2. The third-order valence-corrected chi connectivity index (χ3v) is 3.60. The molecule has 0 fully saturated rings. The standard InChI is InChI=1S/C17H28N2O2/c1-5-19(10-11-20)17(21)18-14(4)12-15-6-8-16(9-7-15)13(2)3/h6-9,13-14,20H,5,10-12H2,1-4H3,(H,18,21). The lowest BCUT2D eigenvalue weighted by molar-refractivity contribution is 0.177. The molecule has 4 heteroatoms. The number of hydrogen-bond donors (Lipinski definition) is 2. The van der Waals surface area contributed by atoms with Crippen molar-refractivity contribution in [1.29, 1.82) is 0 Å². The summed E-state index contributed by atoms with van der Waals surface area (Å²) in [7, 11) is 0. The molecule has 4 nitrogen and oxygen atoms in total. The Morgan fingerprint density at radius 1 is 1.24 bits per heavy atom. The Morgan fingerprint density at radius 2 is 1.86 bits per heavy atom. The first kappa shape index (κ1) is 17.5. The average molecular weight is 292 g/mol. The summed E-state index contributed by atoms with van der Waals surface area (Å²) in [6, 6.07) is 8.51. The third-order valence-electron chi connectivity index (χ3n) is 3.60. The number of nitrogens with zero attached hydrogens (tertiary/aromatic N) is 1. The second-order valence-electron chi connectivity index (χ2n) is 5.75. The van der Waals surface area contributed by atoms with Crippen molar-refractivity contribution < 1.29 is 9.90 Å². The van der Waals surface area contributed by atoms with Crippen LogP contribution in [0.3, 0.4) is 0 Å². The number of aliphatic hydroxyl groups is 1. The first-order chi connectivity index (χ1) is 9.97. The van der Waals surface area contributed by atoms with Crippen molar-refractivity contribution in [2.75, 3.05) is 19.7 Å². The molecule has 21 heavy (non-hydrogen) atoms. The highest BCUT2D eigenvalue weighted by Crippen LogP contribution is 2.15. The van der Waals surface area contributed by atoms with Crippen molar-refractivity contribution in [1.82, 2.24) is 10.2 Å². The van der Waals surface area contributed by atoms with E-state index in [1.54, 1.807) is 4.90 Å². The van der Waals surface area contributed by atoms with E-state index < -0.39 is 0 Å². The summed E-state index contributed by atoms with van der Waals surface area (Å²) < 4.78 is 0. The molecule has 1 rings (SSSR count). The molecule has 0 spiro atoms. The van der Waals surface area contributed by atoms with Gasteiger partial charge in [0.2, 0.25) is 0 Å². The SMILES string of the molecule is CCN(CCO)C(=O)NC(C)Cc1ccc(C(C)C)cc1. The van der Waals surface area contributed by atoms with Crippen LogP contribution in [0.5, 0.6) is 0 Å². The fraction of sp³-hybridized carbons (Fsp3) is 0.588. The van der Waals surface area contributed by atoms with Gasteiger partial charge in [-0.1, -0.05) is 38.1 Å². The molecule has 0 aliphatic carbocycles. The largest absolute Gasteiger partial charge is 0.395 e. The number of urea groups is 1. The smallest absolute Gasteiger partial charge is 0.317 e. The van der Waals surface area contributed by atoms with Gasteiger partial charge in [0, 0.05) is 19.1 Å². The van der Waals surface area contributed by atoms with E-state index in [9.17, 15) is 4.79 Å². The Balaban J connectivity index is 2.52. The van der Waals surface area contributed by atoms with Gasteiger partial charge in [-0.3, -0.25) is 0 Å². The predicted molar refractivity (Wildman–Crippen MR) is 86.6 cm³/mol. The first-order valence-electron chi connectivity index (χ1n) is 7.73. The lowest BCUT2D eigenvalue weighted by Gasteiger charge is -2.23. The van der Waals surface area contributed by atoms with Crippen LogP contribution in [-0.2, 0) is 6.42 Å². The molecule has 1 atom stereocenters. The first-order valence-corrected chi connectivity index (χ1v) is 7.73. The zero-order valence-electron chi connectivity index (χ0n) is 13.6. The Bertz CT molecular complexity index is 429. The predicted octanol–water partition coefficient (Wildman–Crippen LogP) is 2.76. The maximum atomic E-state index is 12.0. The molecule has 118 valence electrons. The highest BCUT2D eigenvalue weighted by molar-refractivity contribution is 5.74.